The molecule has 0 aromatic heterocycles. The van der Waals surface area contributed by atoms with Crippen molar-refractivity contribution in [1.29, 1.82) is 0 Å². The predicted molar refractivity (Wildman–Crippen MR) is 131 cm³/mol. The molecule has 0 aliphatic heterocycles. The average molecular weight is 385 g/mol. The Kier molecular flexibility index (Phi) is 33.1. The molecule has 0 heteroatoms. The van der Waals surface area contributed by atoms with Gasteiger partial charge in [-0.25, -0.2) is 0 Å². The summed E-state index contributed by atoms with van der Waals surface area (Å²) < 4.78 is 0. The molecular formula is C27H60. The highest BCUT2D eigenvalue weighted by Gasteiger charge is 2.12. The van der Waals surface area contributed by atoms with Gasteiger partial charge in [-0.15, -0.1) is 0 Å². The van der Waals surface area contributed by atoms with E-state index in [-0.39, 0.29) is 0 Å². The van der Waals surface area contributed by atoms with Crippen LogP contribution in [0.25, 0.3) is 0 Å². The van der Waals surface area contributed by atoms with Crippen LogP contribution in [0.15, 0.2) is 0 Å². The summed E-state index contributed by atoms with van der Waals surface area (Å²) in [6.07, 6.45) is 21.3. The minimum atomic E-state index is 0.933. The fourth-order valence-corrected chi connectivity index (χ4v) is 3.86. The molecule has 0 spiro atoms. The summed E-state index contributed by atoms with van der Waals surface area (Å²) in [5, 5.41) is 0. The third-order valence-electron chi connectivity index (χ3n) is 5.79. The largest absolute Gasteiger partial charge is 0.0683 e. The van der Waals surface area contributed by atoms with E-state index in [1.165, 1.54) is 96.3 Å². The van der Waals surface area contributed by atoms with E-state index in [9.17, 15) is 0 Å². The second kappa shape index (κ2) is 28.2. The Morgan fingerprint density at radius 3 is 1.15 bits per heavy atom. The standard InChI is InChI=1S/C20H42.C5H12.C2H6/c1-6-11-19(12-7-2)14-10-15-20(13-8-3)17-16-18(5)9-4;1-3-5-4-2;1-2/h18-20H,6-17H2,1-5H3;3-5H2,1-2H3;1-2H3. The van der Waals surface area contributed by atoms with Gasteiger partial charge < -0.3 is 0 Å². The molecule has 0 aliphatic carbocycles. The third-order valence-corrected chi connectivity index (χ3v) is 5.79. The predicted octanol–water partition coefficient (Wildman–Crippen LogP) is 10.8. The lowest BCUT2D eigenvalue weighted by Gasteiger charge is -2.20. The highest BCUT2D eigenvalue weighted by atomic mass is 14.2. The molecule has 0 nitrogen and oxygen atoms in total. The van der Waals surface area contributed by atoms with E-state index in [0.29, 0.717) is 0 Å². The first kappa shape index (κ1) is 31.7. The summed E-state index contributed by atoms with van der Waals surface area (Å²) in [6, 6.07) is 0. The molecule has 0 radical (unpaired) electrons. The molecule has 0 amide bonds. The summed E-state index contributed by atoms with van der Waals surface area (Å²) in [5.41, 5.74) is 0. The SMILES string of the molecule is CC.CCCC(CCC)CCCC(CCC)CCC(C)CC.CCCCC. The quantitative estimate of drug-likeness (QED) is 0.248. The van der Waals surface area contributed by atoms with Crippen molar-refractivity contribution in [2.75, 3.05) is 0 Å². The Hall–Kier alpha value is 0. The average Bonchev–Trinajstić information content (AvgIpc) is 2.68. The third kappa shape index (κ3) is 26.0. The zero-order valence-corrected chi connectivity index (χ0v) is 21.3. The smallest absolute Gasteiger partial charge is 0.0414 e. The van der Waals surface area contributed by atoms with Gasteiger partial charge in [0.1, 0.15) is 0 Å². The summed E-state index contributed by atoms with van der Waals surface area (Å²) >= 11 is 0. The molecule has 2 unspecified atom stereocenters. The van der Waals surface area contributed by atoms with Crippen LogP contribution in [0.3, 0.4) is 0 Å². The van der Waals surface area contributed by atoms with Crippen molar-refractivity contribution >= 4 is 0 Å². The Morgan fingerprint density at radius 1 is 0.444 bits per heavy atom. The number of unbranched alkanes of at least 4 members (excludes halogenated alkanes) is 2. The van der Waals surface area contributed by atoms with Crippen LogP contribution in [0.5, 0.6) is 0 Å². The van der Waals surface area contributed by atoms with Gasteiger partial charge in [0.15, 0.2) is 0 Å². The summed E-state index contributed by atoms with van der Waals surface area (Å²) in [5.74, 6) is 2.96. The Bertz CT molecular complexity index is 212. The maximum Gasteiger partial charge on any atom is -0.0414 e. The van der Waals surface area contributed by atoms with E-state index in [4.69, 9.17) is 0 Å². The highest BCUT2D eigenvalue weighted by Crippen LogP contribution is 2.27. The van der Waals surface area contributed by atoms with Crippen LogP contribution < -0.4 is 0 Å². The molecule has 0 aromatic rings. The lowest BCUT2D eigenvalue weighted by molar-refractivity contribution is 0.327. The Morgan fingerprint density at radius 2 is 0.852 bits per heavy atom. The number of hydrogen-bond donors (Lipinski definition) is 0. The number of rotatable bonds is 16. The lowest BCUT2D eigenvalue weighted by atomic mass is 9.86. The molecule has 0 N–H and O–H groups in total. The van der Waals surface area contributed by atoms with E-state index in [0.717, 1.165) is 17.8 Å². The van der Waals surface area contributed by atoms with Gasteiger partial charge in [0, 0.05) is 0 Å². The fourth-order valence-electron chi connectivity index (χ4n) is 3.86. The molecule has 0 saturated heterocycles. The van der Waals surface area contributed by atoms with Crippen LogP contribution in [0, 0.1) is 17.8 Å². The summed E-state index contributed by atoms with van der Waals surface area (Å²) in [6.45, 7) is 20.2. The van der Waals surface area contributed by atoms with Gasteiger partial charge >= 0.3 is 0 Å². The minimum absolute atomic E-state index is 0.933. The van der Waals surface area contributed by atoms with E-state index in [1.807, 2.05) is 13.8 Å². The van der Waals surface area contributed by atoms with Gasteiger partial charge in [-0.1, -0.05) is 159 Å². The highest BCUT2D eigenvalue weighted by molar-refractivity contribution is 4.65. The molecule has 0 aromatic carbocycles. The van der Waals surface area contributed by atoms with Crippen molar-refractivity contribution in [2.45, 2.75) is 159 Å². The lowest BCUT2D eigenvalue weighted by Crippen LogP contribution is -2.06. The van der Waals surface area contributed by atoms with Crippen LogP contribution in [0.1, 0.15) is 159 Å². The first-order valence-electron chi connectivity index (χ1n) is 13.1. The molecule has 0 rings (SSSR count). The van der Waals surface area contributed by atoms with Crippen molar-refractivity contribution < 1.29 is 0 Å². The Balaban J connectivity index is -0.000000705. The van der Waals surface area contributed by atoms with Gasteiger partial charge in [-0.2, -0.15) is 0 Å². The minimum Gasteiger partial charge on any atom is -0.0683 e. The molecule has 0 heterocycles. The molecule has 0 bridgehead atoms. The van der Waals surface area contributed by atoms with E-state index in [2.05, 4.69) is 48.5 Å². The van der Waals surface area contributed by atoms with E-state index >= 15 is 0 Å². The normalized spacial score (nSPS) is 12.7. The maximum atomic E-state index is 2.42. The van der Waals surface area contributed by atoms with Crippen molar-refractivity contribution in [2.24, 2.45) is 17.8 Å². The first-order valence-corrected chi connectivity index (χ1v) is 13.1. The van der Waals surface area contributed by atoms with E-state index in [1.54, 1.807) is 0 Å². The monoisotopic (exact) mass is 384 g/mol. The number of hydrogen-bond acceptors (Lipinski definition) is 0. The zero-order valence-electron chi connectivity index (χ0n) is 21.3. The maximum absolute atomic E-state index is 2.42. The van der Waals surface area contributed by atoms with E-state index < -0.39 is 0 Å². The van der Waals surface area contributed by atoms with Crippen LogP contribution in [-0.2, 0) is 0 Å². The van der Waals surface area contributed by atoms with Gasteiger partial charge in [-0.3, -0.25) is 0 Å². The van der Waals surface area contributed by atoms with Crippen molar-refractivity contribution in [3.63, 3.8) is 0 Å². The molecule has 27 heavy (non-hydrogen) atoms. The summed E-state index contributed by atoms with van der Waals surface area (Å²) in [7, 11) is 0. The van der Waals surface area contributed by atoms with Gasteiger partial charge in [0.25, 0.3) is 0 Å². The van der Waals surface area contributed by atoms with Crippen molar-refractivity contribution in [3.8, 4) is 0 Å². The molecule has 0 saturated carbocycles. The zero-order chi connectivity index (χ0) is 21.3. The van der Waals surface area contributed by atoms with Crippen LogP contribution in [0.4, 0.5) is 0 Å². The second-order valence-electron chi connectivity index (χ2n) is 8.47. The molecule has 168 valence electrons. The van der Waals surface area contributed by atoms with Gasteiger partial charge in [-0.05, 0) is 17.8 Å². The fraction of sp³-hybridized carbons (Fsp3) is 1.00. The second-order valence-corrected chi connectivity index (χ2v) is 8.47. The summed E-state index contributed by atoms with van der Waals surface area (Å²) in [4.78, 5) is 0. The molecule has 0 aliphatic rings. The molecular weight excluding hydrogens is 324 g/mol. The van der Waals surface area contributed by atoms with Gasteiger partial charge in [0.05, 0.1) is 0 Å². The van der Waals surface area contributed by atoms with Crippen LogP contribution >= 0.6 is 0 Å². The van der Waals surface area contributed by atoms with Crippen LogP contribution in [-0.4, -0.2) is 0 Å². The molecule has 0 fully saturated rings. The van der Waals surface area contributed by atoms with Crippen molar-refractivity contribution in [3.05, 3.63) is 0 Å². The first-order chi connectivity index (χ1) is 13.1. The van der Waals surface area contributed by atoms with Crippen LogP contribution in [0.2, 0.25) is 0 Å². The topological polar surface area (TPSA) is 0 Å². The molecule has 2 atom stereocenters. The van der Waals surface area contributed by atoms with Crippen molar-refractivity contribution in [1.82, 2.24) is 0 Å². The Labute approximate surface area is 176 Å². The van der Waals surface area contributed by atoms with Gasteiger partial charge in [0.2, 0.25) is 0 Å².